The molecule has 1 aliphatic rings. The third-order valence-corrected chi connectivity index (χ3v) is 3.61. The molecule has 0 saturated heterocycles. The molecule has 0 bridgehead atoms. The third-order valence-electron chi connectivity index (χ3n) is 3.61. The molecule has 0 unspecified atom stereocenters. The van der Waals surface area contributed by atoms with Gasteiger partial charge < -0.3 is 5.32 Å². The first-order chi connectivity index (χ1) is 9.81. The van der Waals surface area contributed by atoms with Crippen LogP contribution in [0.15, 0.2) is 30.9 Å². The Hall–Kier alpha value is -2.24. The lowest BCUT2D eigenvalue weighted by atomic mass is 10.0. The Morgan fingerprint density at radius 3 is 2.95 bits per heavy atom. The van der Waals surface area contributed by atoms with Gasteiger partial charge in [0.25, 0.3) is 0 Å². The first kappa shape index (κ1) is 12.8. The Morgan fingerprint density at radius 2 is 2.20 bits per heavy atom. The van der Waals surface area contributed by atoms with E-state index in [1.807, 2.05) is 6.07 Å². The highest BCUT2D eigenvalue weighted by atomic mass is 16.1. The molecule has 0 spiro atoms. The number of aromatic nitrogens is 4. The Morgan fingerprint density at radius 1 is 1.35 bits per heavy atom. The van der Waals surface area contributed by atoms with Gasteiger partial charge in [-0.1, -0.05) is 12.8 Å². The minimum absolute atomic E-state index is 0.0296. The van der Waals surface area contributed by atoms with E-state index in [1.165, 1.54) is 19.2 Å². The zero-order chi connectivity index (χ0) is 13.8. The number of rotatable bonds is 4. The van der Waals surface area contributed by atoms with Gasteiger partial charge in [0.15, 0.2) is 5.82 Å². The summed E-state index contributed by atoms with van der Waals surface area (Å²) in [6.07, 6.45) is 10.3. The second-order valence-corrected chi connectivity index (χ2v) is 5.11. The van der Waals surface area contributed by atoms with Crippen LogP contribution in [0.4, 0.5) is 5.82 Å². The number of amides is 1. The number of hydrogen-bond donors (Lipinski definition) is 1. The highest BCUT2D eigenvalue weighted by Gasteiger charge is 2.18. The van der Waals surface area contributed by atoms with E-state index in [1.54, 1.807) is 23.1 Å². The molecule has 1 amide bonds. The molecule has 0 aliphatic heterocycles. The van der Waals surface area contributed by atoms with Crippen LogP contribution in [-0.2, 0) is 4.79 Å². The van der Waals surface area contributed by atoms with Crippen molar-refractivity contribution in [1.29, 1.82) is 0 Å². The molecule has 2 heterocycles. The molecular formula is C14H17N5O. The van der Waals surface area contributed by atoms with Crippen molar-refractivity contribution in [2.75, 3.05) is 5.32 Å². The predicted molar refractivity (Wildman–Crippen MR) is 74.4 cm³/mol. The van der Waals surface area contributed by atoms with Crippen LogP contribution in [0.3, 0.4) is 0 Å². The highest BCUT2D eigenvalue weighted by Crippen LogP contribution is 2.27. The molecule has 104 valence electrons. The van der Waals surface area contributed by atoms with E-state index in [2.05, 4.69) is 20.4 Å². The standard InChI is InChI=1S/C14H17N5O/c20-14(8-11-4-1-2-5-11)18-12-9-13(16-10-15-12)19-7-3-6-17-19/h3,6-7,9-11H,1-2,4-5,8H2,(H,15,16,18,20). The summed E-state index contributed by atoms with van der Waals surface area (Å²) < 4.78 is 1.63. The molecule has 2 aromatic heterocycles. The summed E-state index contributed by atoms with van der Waals surface area (Å²) in [7, 11) is 0. The van der Waals surface area contributed by atoms with Gasteiger partial charge in [0, 0.05) is 24.9 Å². The van der Waals surface area contributed by atoms with Gasteiger partial charge in [-0.3, -0.25) is 4.79 Å². The van der Waals surface area contributed by atoms with Crippen LogP contribution in [0.5, 0.6) is 0 Å². The average molecular weight is 271 g/mol. The first-order valence-electron chi connectivity index (χ1n) is 6.93. The van der Waals surface area contributed by atoms with Gasteiger partial charge in [0.05, 0.1) is 0 Å². The van der Waals surface area contributed by atoms with E-state index in [0.717, 1.165) is 12.8 Å². The van der Waals surface area contributed by atoms with Crippen LogP contribution < -0.4 is 5.32 Å². The lowest BCUT2D eigenvalue weighted by molar-refractivity contribution is -0.117. The summed E-state index contributed by atoms with van der Waals surface area (Å²) in [6.45, 7) is 0. The Bertz CT molecular complexity index is 575. The van der Waals surface area contributed by atoms with Gasteiger partial charge >= 0.3 is 0 Å². The molecule has 2 aromatic rings. The van der Waals surface area contributed by atoms with Crippen LogP contribution in [0.2, 0.25) is 0 Å². The Labute approximate surface area is 117 Å². The predicted octanol–water partition coefficient (Wildman–Crippen LogP) is 2.18. The number of carbonyl (C=O) groups excluding carboxylic acids is 1. The van der Waals surface area contributed by atoms with Crippen LogP contribution in [-0.4, -0.2) is 25.7 Å². The normalized spacial score (nSPS) is 15.4. The highest BCUT2D eigenvalue weighted by molar-refractivity contribution is 5.90. The summed E-state index contributed by atoms with van der Waals surface area (Å²) in [4.78, 5) is 20.2. The third kappa shape index (κ3) is 3.01. The van der Waals surface area contributed by atoms with E-state index in [0.29, 0.717) is 24.0 Å². The lowest BCUT2D eigenvalue weighted by Crippen LogP contribution is -2.16. The van der Waals surface area contributed by atoms with Gasteiger partial charge in [-0.15, -0.1) is 0 Å². The van der Waals surface area contributed by atoms with E-state index in [9.17, 15) is 4.79 Å². The van der Waals surface area contributed by atoms with Gasteiger partial charge in [-0.2, -0.15) is 5.10 Å². The van der Waals surface area contributed by atoms with Crippen molar-refractivity contribution >= 4 is 11.7 Å². The number of carbonyl (C=O) groups is 1. The molecule has 3 rings (SSSR count). The minimum atomic E-state index is 0.0296. The second kappa shape index (κ2) is 5.81. The molecule has 0 aromatic carbocycles. The van der Waals surface area contributed by atoms with Crippen molar-refractivity contribution in [3.05, 3.63) is 30.9 Å². The van der Waals surface area contributed by atoms with Crippen molar-refractivity contribution in [2.24, 2.45) is 5.92 Å². The van der Waals surface area contributed by atoms with E-state index >= 15 is 0 Å². The summed E-state index contributed by atoms with van der Waals surface area (Å²) in [6, 6.07) is 3.54. The molecule has 1 aliphatic carbocycles. The SMILES string of the molecule is O=C(CC1CCCC1)Nc1cc(-n2cccn2)ncn1. The number of hydrogen-bond acceptors (Lipinski definition) is 4. The zero-order valence-electron chi connectivity index (χ0n) is 11.2. The molecule has 20 heavy (non-hydrogen) atoms. The topological polar surface area (TPSA) is 72.7 Å². The van der Waals surface area contributed by atoms with E-state index in [4.69, 9.17) is 0 Å². The maximum Gasteiger partial charge on any atom is 0.225 e. The lowest BCUT2D eigenvalue weighted by Gasteiger charge is -2.09. The van der Waals surface area contributed by atoms with Crippen LogP contribution >= 0.6 is 0 Å². The molecule has 1 N–H and O–H groups in total. The maximum absolute atomic E-state index is 12.0. The van der Waals surface area contributed by atoms with Gasteiger partial charge in [-0.05, 0) is 24.8 Å². The van der Waals surface area contributed by atoms with Crippen molar-refractivity contribution < 1.29 is 4.79 Å². The molecule has 0 radical (unpaired) electrons. The minimum Gasteiger partial charge on any atom is -0.311 e. The first-order valence-corrected chi connectivity index (χ1v) is 6.93. The zero-order valence-corrected chi connectivity index (χ0v) is 11.2. The molecular weight excluding hydrogens is 254 g/mol. The summed E-state index contributed by atoms with van der Waals surface area (Å²) >= 11 is 0. The summed E-state index contributed by atoms with van der Waals surface area (Å²) in [5.74, 6) is 1.72. The Balaban J connectivity index is 1.65. The smallest absolute Gasteiger partial charge is 0.225 e. The second-order valence-electron chi connectivity index (χ2n) is 5.11. The van der Waals surface area contributed by atoms with Crippen molar-refractivity contribution in [2.45, 2.75) is 32.1 Å². The van der Waals surface area contributed by atoms with Crippen molar-refractivity contribution in [3.8, 4) is 5.82 Å². The van der Waals surface area contributed by atoms with Gasteiger partial charge in [0.1, 0.15) is 12.1 Å². The summed E-state index contributed by atoms with van der Waals surface area (Å²) in [5.41, 5.74) is 0. The number of nitrogens with one attached hydrogen (secondary N) is 1. The quantitative estimate of drug-likeness (QED) is 0.925. The molecule has 0 atom stereocenters. The monoisotopic (exact) mass is 271 g/mol. The molecule has 1 saturated carbocycles. The Kier molecular flexibility index (Phi) is 3.71. The van der Waals surface area contributed by atoms with Crippen LogP contribution in [0.25, 0.3) is 5.82 Å². The van der Waals surface area contributed by atoms with E-state index < -0.39 is 0 Å². The van der Waals surface area contributed by atoms with Gasteiger partial charge in [0.2, 0.25) is 5.91 Å². The van der Waals surface area contributed by atoms with Crippen molar-refractivity contribution in [1.82, 2.24) is 19.7 Å². The fraction of sp³-hybridized carbons (Fsp3) is 0.429. The molecule has 1 fully saturated rings. The van der Waals surface area contributed by atoms with Crippen molar-refractivity contribution in [3.63, 3.8) is 0 Å². The van der Waals surface area contributed by atoms with Crippen LogP contribution in [0.1, 0.15) is 32.1 Å². The fourth-order valence-corrected chi connectivity index (χ4v) is 2.62. The molecule has 6 nitrogen and oxygen atoms in total. The van der Waals surface area contributed by atoms with E-state index in [-0.39, 0.29) is 5.91 Å². The average Bonchev–Trinajstić information content (AvgIpc) is 3.11. The maximum atomic E-state index is 12.0. The number of nitrogens with zero attached hydrogens (tertiary/aromatic N) is 4. The largest absolute Gasteiger partial charge is 0.311 e. The van der Waals surface area contributed by atoms with Crippen LogP contribution in [0, 0.1) is 5.92 Å². The fourth-order valence-electron chi connectivity index (χ4n) is 2.62. The van der Waals surface area contributed by atoms with Gasteiger partial charge in [-0.25, -0.2) is 14.6 Å². The summed E-state index contributed by atoms with van der Waals surface area (Å²) in [5, 5.41) is 6.94. The number of anilines is 1. The molecule has 6 heteroatoms.